The highest BCUT2D eigenvalue weighted by Gasteiger charge is 2.41. The number of hydrogen-bond acceptors (Lipinski definition) is 5. The van der Waals surface area contributed by atoms with E-state index in [1.807, 2.05) is 0 Å². The highest BCUT2D eigenvalue weighted by molar-refractivity contribution is 6.32. The molecule has 3 unspecified atom stereocenters. The Hall–Kier alpha value is -1.37. The van der Waals surface area contributed by atoms with E-state index < -0.39 is 4.92 Å². The molecule has 0 amide bonds. The second-order valence-electron chi connectivity index (χ2n) is 4.13. The number of benzene rings is 1. The Morgan fingerprint density at radius 1 is 1.56 bits per heavy atom. The number of hydrogen-bond donors (Lipinski definition) is 1. The first kappa shape index (κ1) is 13.1. The van der Waals surface area contributed by atoms with Gasteiger partial charge in [-0.2, -0.15) is 0 Å². The van der Waals surface area contributed by atoms with Gasteiger partial charge < -0.3 is 15.2 Å². The van der Waals surface area contributed by atoms with Crippen LogP contribution in [0.25, 0.3) is 0 Å². The third kappa shape index (κ3) is 2.40. The van der Waals surface area contributed by atoms with E-state index in [1.165, 1.54) is 18.2 Å². The molecule has 1 aromatic carbocycles. The Morgan fingerprint density at radius 2 is 2.28 bits per heavy atom. The zero-order chi connectivity index (χ0) is 13.3. The van der Waals surface area contributed by atoms with Gasteiger partial charge in [0, 0.05) is 25.6 Å². The van der Waals surface area contributed by atoms with Crippen molar-refractivity contribution in [1.29, 1.82) is 0 Å². The van der Waals surface area contributed by atoms with Crippen LogP contribution in [-0.4, -0.2) is 30.3 Å². The van der Waals surface area contributed by atoms with Crippen molar-refractivity contribution in [3.8, 4) is 5.75 Å². The maximum absolute atomic E-state index is 10.7. The number of nitro benzene ring substituents is 1. The van der Waals surface area contributed by atoms with Crippen molar-refractivity contribution in [2.45, 2.75) is 24.7 Å². The fourth-order valence-electron chi connectivity index (χ4n) is 1.92. The first-order chi connectivity index (χ1) is 8.52. The van der Waals surface area contributed by atoms with Crippen molar-refractivity contribution in [1.82, 2.24) is 0 Å². The van der Waals surface area contributed by atoms with Crippen molar-refractivity contribution >= 4 is 17.3 Å². The first-order valence-corrected chi connectivity index (χ1v) is 5.79. The molecule has 0 bridgehead atoms. The molecule has 0 radical (unpaired) electrons. The molecular formula is C11H13ClN2O4. The van der Waals surface area contributed by atoms with Crippen molar-refractivity contribution < 1.29 is 14.4 Å². The van der Waals surface area contributed by atoms with E-state index in [-0.39, 0.29) is 29.7 Å². The van der Waals surface area contributed by atoms with Gasteiger partial charge in [-0.3, -0.25) is 10.1 Å². The maximum Gasteiger partial charge on any atom is 0.273 e. The van der Waals surface area contributed by atoms with Crippen molar-refractivity contribution in [3.05, 3.63) is 33.3 Å². The molecule has 0 aromatic heterocycles. The number of ether oxygens (including phenoxy) is 2. The summed E-state index contributed by atoms with van der Waals surface area (Å²) in [5.74, 6) is 0.282. The summed E-state index contributed by atoms with van der Waals surface area (Å²) < 4.78 is 10.8. The van der Waals surface area contributed by atoms with Gasteiger partial charge in [-0.25, -0.2) is 0 Å². The molecule has 1 aliphatic rings. The van der Waals surface area contributed by atoms with E-state index in [9.17, 15) is 10.1 Å². The van der Waals surface area contributed by atoms with Crippen LogP contribution in [0.1, 0.15) is 6.42 Å². The zero-order valence-electron chi connectivity index (χ0n) is 9.71. The Bertz CT molecular complexity index is 468. The van der Waals surface area contributed by atoms with E-state index in [0.717, 1.165) is 0 Å². The van der Waals surface area contributed by atoms with Gasteiger partial charge in [0.05, 0.1) is 16.0 Å². The molecule has 6 nitrogen and oxygen atoms in total. The normalized spacial score (nSPS) is 26.5. The van der Waals surface area contributed by atoms with Gasteiger partial charge in [-0.05, 0) is 6.07 Å². The van der Waals surface area contributed by atoms with Gasteiger partial charge in [-0.15, -0.1) is 0 Å². The number of nitrogens with zero attached hydrogens (tertiary/aromatic N) is 1. The van der Waals surface area contributed by atoms with Crippen LogP contribution in [-0.2, 0) is 4.74 Å². The summed E-state index contributed by atoms with van der Waals surface area (Å²) in [5, 5.41) is 11.0. The molecule has 1 aliphatic carbocycles. The van der Waals surface area contributed by atoms with Gasteiger partial charge in [0.15, 0.2) is 0 Å². The molecule has 1 aromatic rings. The molecule has 18 heavy (non-hydrogen) atoms. The highest BCUT2D eigenvalue weighted by Crippen LogP contribution is 2.34. The SMILES string of the molecule is COC1C(N)CC1Oc1cc([N+](=O)[O-])ccc1Cl. The van der Waals surface area contributed by atoms with Crippen molar-refractivity contribution in [3.63, 3.8) is 0 Å². The Morgan fingerprint density at radius 3 is 2.83 bits per heavy atom. The zero-order valence-corrected chi connectivity index (χ0v) is 10.5. The average Bonchev–Trinajstić information content (AvgIpc) is 2.31. The van der Waals surface area contributed by atoms with Crippen LogP contribution < -0.4 is 10.5 Å². The van der Waals surface area contributed by atoms with Crippen LogP contribution in [0.2, 0.25) is 5.02 Å². The summed E-state index contributed by atoms with van der Waals surface area (Å²) in [5.41, 5.74) is 5.68. The summed E-state index contributed by atoms with van der Waals surface area (Å²) in [7, 11) is 1.55. The molecular weight excluding hydrogens is 260 g/mol. The third-order valence-electron chi connectivity index (χ3n) is 2.97. The number of methoxy groups -OCH3 is 1. The molecule has 7 heteroatoms. The number of non-ortho nitro benzene ring substituents is 1. The van der Waals surface area contributed by atoms with E-state index in [1.54, 1.807) is 7.11 Å². The van der Waals surface area contributed by atoms with E-state index in [0.29, 0.717) is 11.4 Å². The molecule has 2 rings (SSSR count). The second kappa shape index (κ2) is 5.09. The lowest BCUT2D eigenvalue weighted by molar-refractivity contribution is -0.385. The smallest absolute Gasteiger partial charge is 0.273 e. The lowest BCUT2D eigenvalue weighted by Crippen LogP contribution is -2.59. The van der Waals surface area contributed by atoms with E-state index >= 15 is 0 Å². The van der Waals surface area contributed by atoms with Crippen LogP contribution in [0.5, 0.6) is 5.75 Å². The van der Waals surface area contributed by atoms with Gasteiger partial charge in [0.25, 0.3) is 5.69 Å². The molecule has 0 saturated heterocycles. The molecule has 1 fully saturated rings. The molecule has 3 atom stereocenters. The summed E-state index contributed by atoms with van der Waals surface area (Å²) in [6.07, 6.45) is 0.210. The topological polar surface area (TPSA) is 87.6 Å². The van der Waals surface area contributed by atoms with E-state index in [4.69, 9.17) is 26.8 Å². The molecule has 0 aliphatic heterocycles. The third-order valence-corrected chi connectivity index (χ3v) is 3.28. The van der Waals surface area contributed by atoms with E-state index in [2.05, 4.69) is 0 Å². The predicted octanol–water partition coefficient (Wildman–Crippen LogP) is 1.74. The second-order valence-corrected chi connectivity index (χ2v) is 4.54. The summed E-state index contributed by atoms with van der Waals surface area (Å²) in [6, 6.07) is 4.00. The summed E-state index contributed by atoms with van der Waals surface area (Å²) in [4.78, 5) is 10.2. The standard InChI is InChI=1S/C11H13ClN2O4/c1-17-11-8(13)5-10(11)18-9-4-6(14(15)16)2-3-7(9)12/h2-4,8,10-11H,5,13H2,1H3. The minimum Gasteiger partial charge on any atom is -0.486 e. The minimum absolute atomic E-state index is 0.0630. The summed E-state index contributed by atoms with van der Waals surface area (Å²) >= 11 is 5.93. The van der Waals surface area contributed by atoms with Crippen LogP contribution in [0.4, 0.5) is 5.69 Å². The summed E-state index contributed by atoms with van der Waals surface area (Å²) in [6.45, 7) is 0. The lowest BCUT2D eigenvalue weighted by atomic mass is 9.86. The molecule has 0 heterocycles. The largest absolute Gasteiger partial charge is 0.486 e. The highest BCUT2D eigenvalue weighted by atomic mass is 35.5. The molecule has 2 N–H and O–H groups in total. The maximum atomic E-state index is 10.7. The van der Waals surface area contributed by atoms with Crippen LogP contribution in [0.15, 0.2) is 18.2 Å². The van der Waals surface area contributed by atoms with Crippen molar-refractivity contribution in [2.75, 3.05) is 7.11 Å². The Balaban J connectivity index is 2.14. The Labute approximate surface area is 109 Å². The van der Waals surface area contributed by atoms with Gasteiger partial charge >= 0.3 is 0 Å². The van der Waals surface area contributed by atoms with Crippen LogP contribution in [0.3, 0.4) is 0 Å². The van der Waals surface area contributed by atoms with Crippen molar-refractivity contribution in [2.24, 2.45) is 5.73 Å². The Kier molecular flexibility index (Phi) is 3.70. The molecule has 1 saturated carbocycles. The fourth-order valence-corrected chi connectivity index (χ4v) is 2.08. The van der Waals surface area contributed by atoms with Crippen LogP contribution >= 0.6 is 11.6 Å². The minimum atomic E-state index is -0.497. The molecule has 98 valence electrons. The number of nitrogens with two attached hydrogens (primary N) is 1. The van der Waals surface area contributed by atoms with Crippen LogP contribution in [0, 0.1) is 10.1 Å². The monoisotopic (exact) mass is 272 g/mol. The quantitative estimate of drug-likeness (QED) is 0.666. The lowest BCUT2D eigenvalue weighted by Gasteiger charge is -2.41. The van der Waals surface area contributed by atoms with Gasteiger partial charge in [-0.1, -0.05) is 11.6 Å². The van der Waals surface area contributed by atoms with Gasteiger partial charge in [0.1, 0.15) is 18.0 Å². The number of halogens is 1. The fraction of sp³-hybridized carbons (Fsp3) is 0.455. The first-order valence-electron chi connectivity index (χ1n) is 5.42. The number of nitro groups is 1. The predicted molar refractivity (Wildman–Crippen MR) is 65.9 cm³/mol. The van der Waals surface area contributed by atoms with Gasteiger partial charge in [0.2, 0.25) is 0 Å². The number of rotatable bonds is 4. The average molecular weight is 273 g/mol. The molecule has 0 spiro atoms.